The maximum atomic E-state index is 12.6. The molecule has 2 heterocycles. The molecule has 0 radical (unpaired) electrons. The number of nitrogens with zero attached hydrogens (tertiary/aromatic N) is 2. The number of methoxy groups -OCH3 is 4. The number of aromatic amines is 1. The zero-order valence-corrected chi connectivity index (χ0v) is 20.3. The van der Waals surface area contributed by atoms with Crippen molar-refractivity contribution < 1.29 is 18.9 Å². The number of aromatic nitrogens is 2. The molecule has 1 N–H and O–H groups in total. The number of nitrogens with one attached hydrogen (secondary N) is 1. The van der Waals surface area contributed by atoms with Gasteiger partial charge in [0.1, 0.15) is 17.3 Å². The molecule has 0 atom stereocenters. The van der Waals surface area contributed by atoms with Crippen molar-refractivity contribution in [1.82, 2.24) is 14.9 Å². The van der Waals surface area contributed by atoms with Gasteiger partial charge in [0.05, 0.1) is 45.9 Å². The van der Waals surface area contributed by atoms with Crippen molar-refractivity contribution in [3.63, 3.8) is 0 Å². The molecule has 8 heteroatoms. The highest BCUT2D eigenvalue weighted by molar-refractivity contribution is 5.81. The molecule has 1 aromatic heterocycles. The number of H-pyrrole nitrogens is 1. The first-order chi connectivity index (χ1) is 16.5. The molecule has 0 aliphatic carbocycles. The summed E-state index contributed by atoms with van der Waals surface area (Å²) in [6, 6.07) is 9.51. The van der Waals surface area contributed by atoms with Crippen LogP contribution in [0.3, 0.4) is 0 Å². The van der Waals surface area contributed by atoms with E-state index in [1.54, 1.807) is 40.6 Å². The lowest BCUT2D eigenvalue weighted by molar-refractivity contribution is 0.169. The average Bonchev–Trinajstić information content (AvgIpc) is 2.87. The van der Waals surface area contributed by atoms with Crippen molar-refractivity contribution >= 4 is 10.9 Å². The molecule has 3 aromatic rings. The monoisotopic (exact) mass is 467 g/mol. The average molecular weight is 468 g/mol. The second-order valence-electron chi connectivity index (χ2n) is 8.72. The van der Waals surface area contributed by atoms with Gasteiger partial charge in [0, 0.05) is 12.1 Å². The maximum Gasteiger partial charge on any atom is 0.258 e. The standard InChI is InChI=1S/C26H33N3O5/c1-31-19-11-18(12-20(13-19)32-2)6-5-17-7-9-29(10-8-17)16-25-27-22-15-24(34-4)23(33-3)14-21(22)26(30)28-25/h11-15,17H,5-10,16H2,1-4H3,(H,27,28,30). The minimum atomic E-state index is -0.162. The van der Waals surface area contributed by atoms with E-state index in [4.69, 9.17) is 18.9 Å². The van der Waals surface area contributed by atoms with E-state index < -0.39 is 0 Å². The molecule has 0 saturated carbocycles. The molecule has 34 heavy (non-hydrogen) atoms. The Balaban J connectivity index is 1.35. The van der Waals surface area contributed by atoms with E-state index in [1.807, 2.05) is 6.07 Å². The van der Waals surface area contributed by atoms with Crippen LogP contribution in [0.25, 0.3) is 10.9 Å². The van der Waals surface area contributed by atoms with Crippen LogP contribution in [0.15, 0.2) is 35.1 Å². The van der Waals surface area contributed by atoms with Crippen molar-refractivity contribution in [1.29, 1.82) is 0 Å². The van der Waals surface area contributed by atoms with Crippen LogP contribution in [-0.2, 0) is 13.0 Å². The Morgan fingerprint density at radius 2 is 1.56 bits per heavy atom. The van der Waals surface area contributed by atoms with E-state index in [9.17, 15) is 4.79 Å². The summed E-state index contributed by atoms with van der Waals surface area (Å²) in [5.74, 6) is 4.09. The number of hydrogen-bond donors (Lipinski definition) is 1. The van der Waals surface area contributed by atoms with Crippen LogP contribution >= 0.6 is 0 Å². The summed E-state index contributed by atoms with van der Waals surface area (Å²) in [5, 5.41) is 0.495. The highest BCUT2D eigenvalue weighted by Crippen LogP contribution is 2.30. The topological polar surface area (TPSA) is 85.9 Å². The van der Waals surface area contributed by atoms with Crippen LogP contribution in [0, 0.1) is 5.92 Å². The van der Waals surface area contributed by atoms with E-state index in [1.165, 1.54) is 5.56 Å². The van der Waals surface area contributed by atoms with Crippen LogP contribution in [-0.4, -0.2) is 56.4 Å². The van der Waals surface area contributed by atoms with Gasteiger partial charge in [-0.25, -0.2) is 4.98 Å². The molecular weight excluding hydrogens is 434 g/mol. The largest absolute Gasteiger partial charge is 0.497 e. The molecule has 1 saturated heterocycles. The summed E-state index contributed by atoms with van der Waals surface area (Å²) >= 11 is 0. The van der Waals surface area contributed by atoms with Gasteiger partial charge in [-0.2, -0.15) is 0 Å². The Morgan fingerprint density at radius 3 is 2.18 bits per heavy atom. The van der Waals surface area contributed by atoms with Crippen molar-refractivity contribution in [3.05, 3.63) is 52.1 Å². The summed E-state index contributed by atoms with van der Waals surface area (Å²) < 4.78 is 21.4. The quantitative estimate of drug-likeness (QED) is 0.512. The highest BCUT2D eigenvalue weighted by Gasteiger charge is 2.20. The first kappa shape index (κ1) is 23.9. The fourth-order valence-electron chi connectivity index (χ4n) is 4.62. The molecule has 0 bridgehead atoms. The number of rotatable bonds is 9. The third kappa shape index (κ3) is 5.44. The smallest absolute Gasteiger partial charge is 0.258 e. The lowest BCUT2D eigenvalue weighted by atomic mass is 9.90. The van der Waals surface area contributed by atoms with Crippen LogP contribution in [0.5, 0.6) is 23.0 Å². The number of aryl methyl sites for hydroxylation is 1. The number of likely N-dealkylation sites (tertiary alicyclic amines) is 1. The van der Waals surface area contributed by atoms with Gasteiger partial charge in [-0.3, -0.25) is 9.69 Å². The van der Waals surface area contributed by atoms with Crippen LogP contribution in [0.1, 0.15) is 30.7 Å². The van der Waals surface area contributed by atoms with Gasteiger partial charge >= 0.3 is 0 Å². The molecule has 4 rings (SSSR count). The molecule has 0 unspecified atom stereocenters. The molecule has 8 nitrogen and oxygen atoms in total. The zero-order chi connectivity index (χ0) is 24.1. The number of fused-ring (bicyclic) bond motifs is 1. The Hall–Kier alpha value is -3.26. The molecule has 182 valence electrons. The van der Waals surface area contributed by atoms with E-state index in [0.717, 1.165) is 50.3 Å². The van der Waals surface area contributed by atoms with E-state index >= 15 is 0 Å². The van der Waals surface area contributed by atoms with Gasteiger partial charge in [-0.15, -0.1) is 0 Å². The number of piperidine rings is 1. The summed E-state index contributed by atoms with van der Waals surface area (Å²) in [4.78, 5) is 22.6. The van der Waals surface area contributed by atoms with Crippen molar-refractivity contribution in [2.75, 3.05) is 41.5 Å². The Bertz CT molecular complexity index is 1160. The predicted molar refractivity (Wildman–Crippen MR) is 131 cm³/mol. The highest BCUT2D eigenvalue weighted by atomic mass is 16.5. The third-order valence-corrected chi connectivity index (χ3v) is 6.59. The second-order valence-corrected chi connectivity index (χ2v) is 8.72. The van der Waals surface area contributed by atoms with E-state index in [-0.39, 0.29) is 5.56 Å². The van der Waals surface area contributed by atoms with Crippen LogP contribution in [0.4, 0.5) is 0 Å². The van der Waals surface area contributed by atoms with Crippen LogP contribution < -0.4 is 24.5 Å². The second kappa shape index (κ2) is 10.8. The van der Waals surface area contributed by atoms with Gasteiger partial charge in [-0.05, 0) is 68.5 Å². The van der Waals surface area contributed by atoms with Crippen molar-refractivity contribution in [2.45, 2.75) is 32.2 Å². The fourth-order valence-corrected chi connectivity index (χ4v) is 4.62. The minimum absolute atomic E-state index is 0.162. The van der Waals surface area contributed by atoms with Gasteiger partial charge in [0.2, 0.25) is 0 Å². The molecule has 1 fully saturated rings. The van der Waals surface area contributed by atoms with E-state index in [0.29, 0.717) is 40.7 Å². The molecule has 0 spiro atoms. The number of ether oxygens (including phenoxy) is 4. The molecule has 0 amide bonds. The molecule has 1 aliphatic rings. The van der Waals surface area contributed by atoms with Gasteiger partial charge in [-0.1, -0.05) is 0 Å². The van der Waals surface area contributed by atoms with Gasteiger partial charge in [0.15, 0.2) is 11.5 Å². The number of hydrogen-bond acceptors (Lipinski definition) is 7. The first-order valence-electron chi connectivity index (χ1n) is 11.6. The van der Waals surface area contributed by atoms with Crippen molar-refractivity contribution in [3.8, 4) is 23.0 Å². The minimum Gasteiger partial charge on any atom is -0.497 e. The van der Waals surface area contributed by atoms with Gasteiger partial charge in [0.25, 0.3) is 5.56 Å². The lowest BCUT2D eigenvalue weighted by Gasteiger charge is -2.31. The third-order valence-electron chi connectivity index (χ3n) is 6.59. The van der Waals surface area contributed by atoms with Crippen LogP contribution in [0.2, 0.25) is 0 Å². The first-order valence-corrected chi connectivity index (χ1v) is 11.6. The summed E-state index contributed by atoms with van der Waals surface area (Å²) in [6.45, 7) is 2.60. The fraction of sp³-hybridized carbons (Fsp3) is 0.462. The van der Waals surface area contributed by atoms with Crippen molar-refractivity contribution in [2.24, 2.45) is 5.92 Å². The SMILES string of the molecule is COc1cc(CCC2CCN(Cc3nc4cc(OC)c(OC)cc4c(=O)[nH]3)CC2)cc(OC)c1. The Labute approximate surface area is 199 Å². The Morgan fingerprint density at radius 1 is 0.912 bits per heavy atom. The summed E-state index contributed by atoms with van der Waals surface area (Å²) in [5.41, 5.74) is 1.69. The summed E-state index contributed by atoms with van der Waals surface area (Å²) in [6.07, 6.45) is 4.40. The number of benzene rings is 2. The normalized spacial score (nSPS) is 14.8. The lowest BCUT2D eigenvalue weighted by Crippen LogP contribution is -2.34. The Kier molecular flexibility index (Phi) is 7.57. The van der Waals surface area contributed by atoms with Gasteiger partial charge < -0.3 is 23.9 Å². The molecular formula is C26H33N3O5. The van der Waals surface area contributed by atoms with E-state index in [2.05, 4.69) is 27.0 Å². The predicted octanol–water partition coefficient (Wildman–Crippen LogP) is 3.80. The molecule has 1 aliphatic heterocycles. The maximum absolute atomic E-state index is 12.6. The molecule has 2 aromatic carbocycles. The zero-order valence-electron chi connectivity index (χ0n) is 20.3. The summed E-state index contributed by atoms with van der Waals surface area (Å²) in [7, 11) is 6.49.